The van der Waals surface area contributed by atoms with Gasteiger partial charge in [0.15, 0.2) is 0 Å². The second-order valence-electron chi connectivity index (χ2n) is 3.38. The highest BCUT2D eigenvalue weighted by Gasteiger charge is 2.23. The highest BCUT2D eigenvalue weighted by atomic mass is 16.5. The third-order valence-corrected chi connectivity index (χ3v) is 2.45. The van der Waals surface area contributed by atoms with E-state index in [1.54, 1.807) is 19.5 Å². The van der Waals surface area contributed by atoms with Crippen LogP contribution in [0.4, 0.5) is 0 Å². The normalized spacial score (nSPS) is 19.9. The Balaban J connectivity index is 2.52. The molecule has 0 radical (unpaired) electrons. The van der Waals surface area contributed by atoms with Crippen molar-refractivity contribution >= 4 is 5.91 Å². The molecule has 0 fully saturated rings. The van der Waals surface area contributed by atoms with Crippen LogP contribution >= 0.6 is 0 Å². The zero-order valence-corrected chi connectivity index (χ0v) is 8.20. The van der Waals surface area contributed by atoms with Gasteiger partial charge in [-0.3, -0.25) is 9.78 Å². The van der Waals surface area contributed by atoms with E-state index in [4.69, 9.17) is 4.74 Å². The van der Waals surface area contributed by atoms with Crippen LogP contribution in [0.25, 0.3) is 0 Å². The number of carbonyl (C=O) groups excluding carboxylic acids is 1. The Kier molecular flexibility index (Phi) is 2.11. The van der Waals surface area contributed by atoms with Gasteiger partial charge in [-0.15, -0.1) is 0 Å². The maximum absolute atomic E-state index is 11.3. The molecule has 0 spiro atoms. The Bertz CT molecular complexity index is 376. The number of carbonyl (C=O) groups is 1. The van der Waals surface area contributed by atoms with Gasteiger partial charge in [0.2, 0.25) is 5.91 Å². The summed E-state index contributed by atoms with van der Waals surface area (Å²) in [4.78, 5) is 15.4. The number of methoxy groups -OCH3 is 1. The third kappa shape index (κ3) is 1.32. The lowest BCUT2D eigenvalue weighted by molar-refractivity contribution is -0.121. The van der Waals surface area contributed by atoms with Gasteiger partial charge in [-0.05, 0) is 12.5 Å². The molecule has 0 aromatic carbocycles. The Morgan fingerprint density at radius 1 is 1.57 bits per heavy atom. The molecule has 1 atom stereocenters. The molecule has 14 heavy (non-hydrogen) atoms. The van der Waals surface area contributed by atoms with E-state index in [-0.39, 0.29) is 11.9 Å². The fourth-order valence-electron chi connectivity index (χ4n) is 1.75. The number of amides is 1. The Labute approximate surface area is 82.3 Å². The molecule has 0 aliphatic carbocycles. The average molecular weight is 192 g/mol. The van der Waals surface area contributed by atoms with Gasteiger partial charge < -0.3 is 10.1 Å². The molecular formula is C10H12N2O2. The predicted molar refractivity (Wildman–Crippen MR) is 51.1 cm³/mol. The van der Waals surface area contributed by atoms with E-state index in [1.807, 2.05) is 6.92 Å². The smallest absolute Gasteiger partial charge is 0.225 e. The lowest BCUT2D eigenvalue weighted by Gasteiger charge is -2.24. The van der Waals surface area contributed by atoms with E-state index in [9.17, 15) is 4.79 Å². The summed E-state index contributed by atoms with van der Waals surface area (Å²) >= 11 is 0. The number of ether oxygens (including phenoxy) is 1. The monoisotopic (exact) mass is 192 g/mol. The number of fused-ring (bicyclic) bond motifs is 1. The summed E-state index contributed by atoms with van der Waals surface area (Å²) in [6, 6.07) is 0.0221. The quantitative estimate of drug-likeness (QED) is 0.716. The van der Waals surface area contributed by atoms with Crippen LogP contribution < -0.4 is 10.1 Å². The summed E-state index contributed by atoms with van der Waals surface area (Å²) in [7, 11) is 1.59. The summed E-state index contributed by atoms with van der Waals surface area (Å²) in [5.74, 6) is 0.735. The first-order valence-corrected chi connectivity index (χ1v) is 4.52. The Morgan fingerprint density at radius 2 is 2.36 bits per heavy atom. The van der Waals surface area contributed by atoms with Crippen molar-refractivity contribution in [1.29, 1.82) is 0 Å². The minimum absolute atomic E-state index is 0.0221. The topological polar surface area (TPSA) is 51.2 Å². The van der Waals surface area contributed by atoms with E-state index in [0.717, 1.165) is 11.1 Å². The van der Waals surface area contributed by atoms with Gasteiger partial charge in [-0.25, -0.2) is 0 Å². The van der Waals surface area contributed by atoms with Gasteiger partial charge in [0.25, 0.3) is 0 Å². The van der Waals surface area contributed by atoms with Crippen molar-refractivity contribution in [2.24, 2.45) is 0 Å². The van der Waals surface area contributed by atoms with Gasteiger partial charge >= 0.3 is 0 Å². The van der Waals surface area contributed by atoms with Crippen LogP contribution in [-0.4, -0.2) is 18.0 Å². The summed E-state index contributed by atoms with van der Waals surface area (Å²) in [5.41, 5.74) is 2.00. The number of hydrogen-bond donors (Lipinski definition) is 1. The van der Waals surface area contributed by atoms with Gasteiger partial charge in [-0.1, -0.05) is 0 Å². The van der Waals surface area contributed by atoms with Crippen molar-refractivity contribution in [2.75, 3.05) is 7.11 Å². The molecule has 0 saturated heterocycles. The van der Waals surface area contributed by atoms with Crippen molar-refractivity contribution in [3.8, 4) is 5.75 Å². The van der Waals surface area contributed by atoms with E-state index in [0.29, 0.717) is 12.2 Å². The first kappa shape index (κ1) is 8.99. The standard InChI is InChI=1S/C10H12N2O2/c1-6-8-4-11-5-9(14-2)7(8)3-10(13)12-6/h4-6H,3H2,1-2H3,(H,12,13)/t6-/m0/s1. The SMILES string of the molecule is COc1cncc2c1CC(=O)N[C@H]2C. The molecule has 4 nitrogen and oxygen atoms in total. The van der Waals surface area contributed by atoms with E-state index >= 15 is 0 Å². The van der Waals surface area contributed by atoms with Crippen molar-refractivity contribution in [2.45, 2.75) is 19.4 Å². The molecule has 0 unspecified atom stereocenters. The lowest BCUT2D eigenvalue weighted by atomic mass is 9.96. The first-order chi connectivity index (χ1) is 6.72. The Hall–Kier alpha value is -1.58. The van der Waals surface area contributed by atoms with Crippen LogP contribution in [-0.2, 0) is 11.2 Å². The Morgan fingerprint density at radius 3 is 3.07 bits per heavy atom. The van der Waals surface area contributed by atoms with Gasteiger partial charge in [0, 0.05) is 11.8 Å². The van der Waals surface area contributed by atoms with Crippen molar-refractivity contribution in [3.05, 3.63) is 23.5 Å². The molecule has 74 valence electrons. The fourth-order valence-corrected chi connectivity index (χ4v) is 1.75. The maximum atomic E-state index is 11.3. The molecule has 2 rings (SSSR count). The highest BCUT2D eigenvalue weighted by molar-refractivity contribution is 5.82. The highest BCUT2D eigenvalue weighted by Crippen LogP contribution is 2.28. The van der Waals surface area contributed by atoms with Gasteiger partial charge in [0.05, 0.1) is 25.8 Å². The molecular weight excluding hydrogens is 180 g/mol. The third-order valence-electron chi connectivity index (χ3n) is 2.45. The second kappa shape index (κ2) is 3.29. The van der Waals surface area contributed by atoms with Crippen molar-refractivity contribution in [3.63, 3.8) is 0 Å². The fraction of sp³-hybridized carbons (Fsp3) is 0.400. The second-order valence-corrected chi connectivity index (χ2v) is 3.38. The summed E-state index contributed by atoms with van der Waals surface area (Å²) in [6.45, 7) is 1.94. The van der Waals surface area contributed by atoms with Gasteiger partial charge in [0.1, 0.15) is 5.75 Å². The van der Waals surface area contributed by atoms with Crippen molar-refractivity contribution < 1.29 is 9.53 Å². The number of nitrogens with zero attached hydrogens (tertiary/aromatic N) is 1. The average Bonchev–Trinajstić information content (AvgIpc) is 2.17. The van der Waals surface area contributed by atoms with Crippen LogP contribution in [0.1, 0.15) is 24.1 Å². The summed E-state index contributed by atoms with van der Waals surface area (Å²) in [5, 5.41) is 2.85. The maximum Gasteiger partial charge on any atom is 0.225 e. The number of pyridine rings is 1. The molecule has 1 N–H and O–H groups in total. The largest absolute Gasteiger partial charge is 0.495 e. The minimum atomic E-state index is 0.0221. The predicted octanol–water partition coefficient (Wildman–Crippen LogP) is 0.823. The molecule has 2 heterocycles. The van der Waals surface area contributed by atoms with Crippen LogP contribution in [0.5, 0.6) is 5.75 Å². The molecule has 1 aliphatic rings. The summed E-state index contributed by atoms with van der Waals surface area (Å²) in [6.07, 6.45) is 3.80. The van der Waals surface area contributed by atoms with Gasteiger partial charge in [-0.2, -0.15) is 0 Å². The van der Waals surface area contributed by atoms with E-state index < -0.39 is 0 Å². The molecule has 1 aromatic rings. The van der Waals surface area contributed by atoms with Crippen LogP contribution in [0, 0.1) is 0 Å². The zero-order valence-electron chi connectivity index (χ0n) is 8.20. The van der Waals surface area contributed by atoms with Crippen molar-refractivity contribution in [1.82, 2.24) is 10.3 Å². The number of rotatable bonds is 1. The number of nitrogens with one attached hydrogen (secondary N) is 1. The van der Waals surface area contributed by atoms with E-state index in [1.165, 1.54) is 0 Å². The first-order valence-electron chi connectivity index (χ1n) is 4.52. The molecule has 1 amide bonds. The lowest BCUT2D eigenvalue weighted by Crippen LogP contribution is -2.34. The van der Waals surface area contributed by atoms with Crippen LogP contribution in [0.15, 0.2) is 12.4 Å². The number of aromatic nitrogens is 1. The van der Waals surface area contributed by atoms with Crippen LogP contribution in [0.3, 0.4) is 0 Å². The molecule has 4 heteroatoms. The molecule has 0 saturated carbocycles. The minimum Gasteiger partial charge on any atom is -0.495 e. The molecule has 0 bridgehead atoms. The zero-order chi connectivity index (χ0) is 10.1. The summed E-state index contributed by atoms with van der Waals surface area (Å²) < 4.78 is 5.17. The molecule has 1 aromatic heterocycles. The van der Waals surface area contributed by atoms with E-state index in [2.05, 4.69) is 10.3 Å². The van der Waals surface area contributed by atoms with Crippen LogP contribution in [0.2, 0.25) is 0 Å². The number of hydrogen-bond acceptors (Lipinski definition) is 3. The molecule has 1 aliphatic heterocycles.